The van der Waals surface area contributed by atoms with E-state index >= 15 is 0 Å². The number of hydrogen-bond acceptors (Lipinski definition) is 9. The highest BCUT2D eigenvalue weighted by Crippen LogP contribution is 2.36. The molecule has 0 amide bonds. The zero-order valence-electron chi connectivity index (χ0n) is 17.8. The smallest absolute Gasteiger partial charge is 0.277 e. The molecule has 0 aliphatic carbocycles. The van der Waals surface area contributed by atoms with Crippen molar-refractivity contribution in [3.63, 3.8) is 0 Å². The summed E-state index contributed by atoms with van der Waals surface area (Å²) in [6.07, 6.45) is 2.12. The van der Waals surface area contributed by atoms with Gasteiger partial charge in [-0.3, -0.25) is 9.10 Å². The Balaban J connectivity index is 1.23. The SMILES string of the molecule is CS(=O)(=O)N1CCCc2cc(C(=O)CSc3nnc(C4COc5ccccc5O4)o3)ccc21. The summed E-state index contributed by atoms with van der Waals surface area (Å²) >= 11 is 1.14. The molecule has 0 radical (unpaired) electrons. The molecule has 172 valence electrons. The van der Waals surface area contributed by atoms with Crippen molar-refractivity contribution < 1.29 is 27.1 Å². The third kappa shape index (κ3) is 4.55. The molecule has 0 bridgehead atoms. The standard InChI is InChI=1S/C22H21N3O6S2/c1-33(27,28)25-10-4-5-14-11-15(8-9-16(14)25)17(26)13-32-22-24-23-21(31-22)20-12-29-18-6-2-3-7-19(18)30-20/h2-3,6-9,11,20H,4-5,10,12-13H2,1H3. The average molecular weight is 488 g/mol. The molecule has 0 saturated heterocycles. The Labute approximate surface area is 195 Å². The second-order valence-electron chi connectivity index (χ2n) is 7.76. The van der Waals surface area contributed by atoms with Gasteiger partial charge in [0.25, 0.3) is 11.1 Å². The maximum absolute atomic E-state index is 12.7. The first kappa shape index (κ1) is 21.8. The van der Waals surface area contributed by atoms with Gasteiger partial charge >= 0.3 is 0 Å². The molecule has 1 unspecified atom stereocenters. The van der Waals surface area contributed by atoms with E-state index in [2.05, 4.69) is 10.2 Å². The first-order valence-corrected chi connectivity index (χ1v) is 13.2. The number of anilines is 1. The fourth-order valence-electron chi connectivity index (χ4n) is 3.84. The fraction of sp³-hybridized carbons (Fsp3) is 0.318. The maximum Gasteiger partial charge on any atom is 0.277 e. The van der Waals surface area contributed by atoms with Crippen LogP contribution in [0.15, 0.2) is 52.1 Å². The Bertz CT molecular complexity index is 1310. The molecule has 3 aromatic rings. The number of benzene rings is 2. The first-order chi connectivity index (χ1) is 15.9. The third-order valence-electron chi connectivity index (χ3n) is 5.41. The van der Waals surface area contributed by atoms with Crippen LogP contribution in [0.3, 0.4) is 0 Å². The molecule has 3 heterocycles. The Hall–Kier alpha value is -3.05. The molecule has 0 N–H and O–H groups in total. The monoisotopic (exact) mass is 487 g/mol. The number of carbonyl (C=O) groups is 1. The summed E-state index contributed by atoms with van der Waals surface area (Å²) in [7, 11) is -3.34. The topological polar surface area (TPSA) is 112 Å². The largest absolute Gasteiger partial charge is 0.485 e. The highest BCUT2D eigenvalue weighted by Gasteiger charge is 2.28. The van der Waals surface area contributed by atoms with Crippen molar-refractivity contribution in [2.24, 2.45) is 0 Å². The average Bonchev–Trinajstić information content (AvgIpc) is 3.30. The van der Waals surface area contributed by atoms with Crippen molar-refractivity contribution in [2.45, 2.75) is 24.2 Å². The first-order valence-electron chi connectivity index (χ1n) is 10.4. The minimum Gasteiger partial charge on any atom is -0.485 e. The number of ether oxygens (including phenoxy) is 2. The van der Waals surface area contributed by atoms with Gasteiger partial charge in [-0.25, -0.2) is 8.42 Å². The molecule has 5 rings (SSSR count). The number of Topliss-reactive ketones (excluding diaryl/α,β-unsaturated/α-hetero) is 1. The van der Waals surface area contributed by atoms with Gasteiger partial charge in [-0.1, -0.05) is 23.9 Å². The van der Waals surface area contributed by atoms with Gasteiger partial charge in [0, 0.05) is 12.1 Å². The van der Waals surface area contributed by atoms with Crippen LogP contribution in [-0.2, 0) is 16.4 Å². The molecule has 2 aliphatic rings. The van der Waals surface area contributed by atoms with Crippen molar-refractivity contribution in [3.8, 4) is 11.5 Å². The van der Waals surface area contributed by atoms with E-state index in [1.807, 2.05) is 18.2 Å². The van der Waals surface area contributed by atoms with Crippen LogP contribution in [0.1, 0.15) is 34.3 Å². The summed E-state index contributed by atoms with van der Waals surface area (Å²) < 4.78 is 42.7. The summed E-state index contributed by atoms with van der Waals surface area (Å²) in [6, 6.07) is 12.5. The Morgan fingerprint density at radius 1 is 1.18 bits per heavy atom. The van der Waals surface area contributed by atoms with Crippen molar-refractivity contribution in [1.82, 2.24) is 10.2 Å². The van der Waals surface area contributed by atoms with Gasteiger partial charge in [0.2, 0.25) is 16.1 Å². The molecular weight excluding hydrogens is 466 g/mol. The predicted molar refractivity (Wildman–Crippen MR) is 122 cm³/mol. The number of aromatic nitrogens is 2. The van der Waals surface area contributed by atoms with Gasteiger partial charge in [-0.05, 0) is 48.7 Å². The van der Waals surface area contributed by atoms with Gasteiger partial charge in [-0.15, -0.1) is 10.2 Å². The molecule has 33 heavy (non-hydrogen) atoms. The summed E-state index contributed by atoms with van der Waals surface area (Å²) in [4.78, 5) is 12.7. The van der Waals surface area contributed by atoms with Crippen molar-refractivity contribution >= 4 is 33.3 Å². The summed E-state index contributed by atoms with van der Waals surface area (Å²) in [5.74, 6) is 1.57. The lowest BCUT2D eigenvalue weighted by Gasteiger charge is -2.29. The fourth-order valence-corrected chi connectivity index (χ4v) is 5.50. The maximum atomic E-state index is 12.7. The van der Waals surface area contributed by atoms with E-state index in [1.165, 1.54) is 10.6 Å². The number of nitrogens with zero attached hydrogens (tertiary/aromatic N) is 3. The van der Waals surface area contributed by atoms with Gasteiger partial charge < -0.3 is 13.9 Å². The molecule has 0 saturated carbocycles. The van der Waals surface area contributed by atoms with Crippen LogP contribution in [0.25, 0.3) is 0 Å². The van der Waals surface area contributed by atoms with E-state index < -0.39 is 16.1 Å². The van der Waals surface area contributed by atoms with Gasteiger partial charge in [0.05, 0.1) is 17.7 Å². The van der Waals surface area contributed by atoms with E-state index in [4.69, 9.17) is 13.9 Å². The number of thioether (sulfide) groups is 1. The number of ketones is 1. The molecule has 0 fully saturated rings. The number of hydrogen-bond donors (Lipinski definition) is 0. The van der Waals surface area contributed by atoms with Crippen molar-refractivity contribution in [2.75, 3.05) is 29.5 Å². The van der Waals surface area contributed by atoms with Crippen LogP contribution in [0.5, 0.6) is 11.5 Å². The Morgan fingerprint density at radius 3 is 2.82 bits per heavy atom. The lowest BCUT2D eigenvalue weighted by molar-refractivity contribution is 0.0686. The highest BCUT2D eigenvalue weighted by molar-refractivity contribution is 7.99. The van der Waals surface area contributed by atoms with Crippen LogP contribution in [0.4, 0.5) is 5.69 Å². The number of para-hydroxylation sites is 2. The molecule has 11 heteroatoms. The normalized spacial score (nSPS) is 17.5. The van der Waals surface area contributed by atoms with E-state index in [1.54, 1.807) is 24.3 Å². The molecular formula is C22H21N3O6S2. The number of aryl methyl sites for hydroxylation is 1. The van der Waals surface area contributed by atoms with E-state index in [-0.39, 0.29) is 29.3 Å². The third-order valence-corrected chi connectivity index (χ3v) is 7.41. The van der Waals surface area contributed by atoms with Crippen molar-refractivity contribution in [3.05, 3.63) is 59.5 Å². The van der Waals surface area contributed by atoms with Crippen molar-refractivity contribution in [1.29, 1.82) is 0 Å². The molecule has 2 aromatic carbocycles. The van der Waals surface area contributed by atoms with E-state index in [0.29, 0.717) is 35.7 Å². The van der Waals surface area contributed by atoms with E-state index in [0.717, 1.165) is 23.7 Å². The zero-order valence-corrected chi connectivity index (χ0v) is 19.4. The lowest BCUT2D eigenvalue weighted by atomic mass is 9.99. The quantitative estimate of drug-likeness (QED) is 0.382. The molecule has 2 aliphatic heterocycles. The second kappa shape index (κ2) is 8.71. The van der Waals surface area contributed by atoms with Crippen LogP contribution < -0.4 is 13.8 Å². The summed E-state index contributed by atoms with van der Waals surface area (Å²) in [5, 5.41) is 8.31. The molecule has 0 spiro atoms. The van der Waals surface area contributed by atoms with Crippen LogP contribution in [0, 0.1) is 0 Å². The lowest BCUT2D eigenvalue weighted by Crippen LogP contribution is -2.34. The molecule has 1 aromatic heterocycles. The number of sulfonamides is 1. The minimum absolute atomic E-state index is 0.106. The number of fused-ring (bicyclic) bond motifs is 2. The summed E-state index contributed by atoms with van der Waals surface area (Å²) in [5.41, 5.74) is 2.03. The number of rotatable bonds is 6. The van der Waals surface area contributed by atoms with Gasteiger partial charge in [-0.2, -0.15) is 0 Å². The Morgan fingerprint density at radius 2 is 2.00 bits per heavy atom. The predicted octanol–water partition coefficient (Wildman–Crippen LogP) is 3.27. The van der Waals surface area contributed by atoms with Gasteiger partial charge in [0.1, 0.15) is 6.61 Å². The minimum atomic E-state index is -3.34. The molecule has 9 nitrogen and oxygen atoms in total. The number of carbonyl (C=O) groups excluding carboxylic acids is 1. The molecule has 1 atom stereocenters. The van der Waals surface area contributed by atoms with Crippen LogP contribution in [-0.4, -0.2) is 49.6 Å². The zero-order chi connectivity index (χ0) is 23.0. The second-order valence-corrected chi connectivity index (χ2v) is 10.6. The Kier molecular flexibility index (Phi) is 5.75. The van der Waals surface area contributed by atoms with E-state index in [9.17, 15) is 13.2 Å². The van der Waals surface area contributed by atoms with Gasteiger partial charge in [0.15, 0.2) is 17.3 Å². The van der Waals surface area contributed by atoms with Crippen LogP contribution >= 0.6 is 11.8 Å². The highest BCUT2D eigenvalue weighted by atomic mass is 32.2. The van der Waals surface area contributed by atoms with Crippen LogP contribution in [0.2, 0.25) is 0 Å². The summed E-state index contributed by atoms with van der Waals surface area (Å²) in [6.45, 7) is 0.706.